The number of pyridine rings is 1. The Kier molecular flexibility index (Phi) is 7.23. The Bertz CT molecular complexity index is 800. The van der Waals surface area contributed by atoms with Crippen LogP contribution in [0.3, 0.4) is 0 Å². The van der Waals surface area contributed by atoms with Gasteiger partial charge in [0.05, 0.1) is 5.60 Å². The standard InChI is InChI=1S/C23H33N3O4/c1-16(27)22(24-17(2)28)23(30)12-14-26(15-13-23)21(29)9-5-7-19-11-10-18-6-3-4-8-20(18)25-19/h10-11,22,30H,3-9,12-15H2,1-2H3,(H,24,28). The zero-order valence-electron chi connectivity index (χ0n) is 18.1. The van der Waals surface area contributed by atoms with E-state index in [9.17, 15) is 19.5 Å². The molecule has 3 rings (SSSR count). The summed E-state index contributed by atoms with van der Waals surface area (Å²) >= 11 is 0. The van der Waals surface area contributed by atoms with E-state index in [2.05, 4.69) is 17.4 Å². The largest absolute Gasteiger partial charge is 0.387 e. The number of carbonyl (C=O) groups excluding carboxylic acids is 3. The van der Waals surface area contributed by atoms with Crippen molar-refractivity contribution in [2.75, 3.05) is 13.1 Å². The summed E-state index contributed by atoms with van der Waals surface area (Å²) < 4.78 is 0. The molecule has 7 heteroatoms. The molecule has 2 heterocycles. The topological polar surface area (TPSA) is 99.6 Å². The lowest BCUT2D eigenvalue weighted by molar-refractivity contribution is -0.142. The number of aliphatic hydroxyl groups is 1. The number of aryl methyl sites for hydroxylation is 3. The number of hydrogen-bond donors (Lipinski definition) is 2. The number of ketones is 1. The number of nitrogens with one attached hydrogen (secondary N) is 1. The number of likely N-dealkylation sites (tertiary alicyclic amines) is 1. The Labute approximate surface area is 178 Å². The second kappa shape index (κ2) is 9.69. The van der Waals surface area contributed by atoms with E-state index in [1.807, 2.05) is 0 Å². The van der Waals surface area contributed by atoms with Crippen LogP contribution in [0.25, 0.3) is 0 Å². The smallest absolute Gasteiger partial charge is 0.222 e. The van der Waals surface area contributed by atoms with Gasteiger partial charge in [0.25, 0.3) is 0 Å². The van der Waals surface area contributed by atoms with E-state index in [0.717, 1.165) is 31.4 Å². The van der Waals surface area contributed by atoms with Gasteiger partial charge in [-0.15, -0.1) is 0 Å². The predicted molar refractivity (Wildman–Crippen MR) is 113 cm³/mol. The molecule has 1 atom stereocenters. The quantitative estimate of drug-likeness (QED) is 0.707. The molecule has 1 aliphatic carbocycles. The van der Waals surface area contributed by atoms with Gasteiger partial charge in [0, 0.05) is 37.8 Å². The Morgan fingerprint density at radius 2 is 1.87 bits per heavy atom. The minimum Gasteiger partial charge on any atom is -0.387 e. The van der Waals surface area contributed by atoms with Crippen LogP contribution in [0, 0.1) is 0 Å². The van der Waals surface area contributed by atoms with Gasteiger partial charge in [-0.05, 0) is 69.9 Å². The van der Waals surface area contributed by atoms with E-state index < -0.39 is 11.6 Å². The van der Waals surface area contributed by atoms with Crippen LogP contribution < -0.4 is 5.32 Å². The molecule has 1 aromatic rings. The van der Waals surface area contributed by atoms with Gasteiger partial charge in [-0.25, -0.2) is 0 Å². The highest BCUT2D eigenvalue weighted by atomic mass is 16.3. The number of Topliss-reactive ketones (excluding diaryl/α,β-unsaturated/α-hetero) is 1. The summed E-state index contributed by atoms with van der Waals surface area (Å²) in [5, 5.41) is 13.4. The van der Waals surface area contributed by atoms with Crippen molar-refractivity contribution < 1.29 is 19.5 Å². The number of amides is 2. The van der Waals surface area contributed by atoms with E-state index in [0.29, 0.717) is 19.5 Å². The Morgan fingerprint density at radius 1 is 1.17 bits per heavy atom. The molecule has 1 fully saturated rings. The molecule has 0 saturated carbocycles. The van der Waals surface area contributed by atoms with Crippen molar-refractivity contribution in [3.63, 3.8) is 0 Å². The molecule has 0 spiro atoms. The molecule has 7 nitrogen and oxygen atoms in total. The second-order valence-corrected chi connectivity index (χ2v) is 8.70. The normalized spacial score (nSPS) is 19.0. The number of hydrogen-bond acceptors (Lipinski definition) is 5. The minimum absolute atomic E-state index is 0.0638. The highest BCUT2D eigenvalue weighted by Crippen LogP contribution is 2.27. The molecule has 1 unspecified atom stereocenters. The average molecular weight is 416 g/mol. The third kappa shape index (κ3) is 5.45. The minimum atomic E-state index is -1.30. The van der Waals surface area contributed by atoms with Crippen LogP contribution in [0.1, 0.15) is 69.3 Å². The first-order valence-corrected chi connectivity index (χ1v) is 11.0. The van der Waals surface area contributed by atoms with Crippen molar-refractivity contribution in [1.82, 2.24) is 15.2 Å². The van der Waals surface area contributed by atoms with Crippen LogP contribution >= 0.6 is 0 Å². The SMILES string of the molecule is CC(=O)NC(C(C)=O)C1(O)CCN(C(=O)CCCc2ccc3c(n2)CCCC3)CC1. The maximum Gasteiger partial charge on any atom is 0.222 e. The summed E-state index contributed by atoms with van der Waals surface area (Å²) in [6.45, 7) is 3.46. The molecule has 2 N–H and O–H groups in total. The summed E-state index contributed by atoms with van der Waals surface area (Å²) in [5.74, 6) is -0.558. The lowest BCUT2D eigenvalue weighted by atomic mass is 9.82. The van der Waals surface area contributed by atoms with Crippen molar-refractivity contribution in [3.8, 4) is 0 Å². The number of piperidine rings is 1. The monoisotopic (exact) mass is 415 g/mol. The molecule has 0 aromatic carbocycles. The summed E-state index contributed by atoms with van der Waals surface area (Å²) in [6.07, 6.45) is 7.14. The van der Waals surface area contributed by atoms with Crippen LogP contribution in [0.2, 0.25) is 0 Å². The second-order valence-electron chi connectivity index (χ2n) is 8.70. The number of fused-ring (bicyclic) bond motifs is 1. The summed E-state index contributed by atoms with van der Waals surface area (Å²) in [6, 6.07) is 3.34. The van der Waals surface area contributed by atoms with Crippen molar-refractivity contribution >= 4 is 17.6 Å². The molecule has 1 aromatic heterocycles. The Hall–Kier alpha value is -2.28. The number of rotatable bonds is 7. The highest BCUT2D eigenvalue weighted by molar-refractivity contribution is 5.88. The maximum atomic E-state index is 12.6. The maximum absolute atomic E-state index is 12.6. The van der Waals surface area contributed by atoms with Gasteiger partial charge in [-0.3, -0.25) is 19.4 Å². The zero-order valence-corrected chi connectivity index (χ0v) is 18.1. The van der Waals surface area contributed by atoms with Gasteiger partial charge < -0.3 is 15.3 Å². The van der Waals surface area contributed by atoms with Crippen LogP contribution in [0.15, 0.2) is 12.1 Å². The fourth-order valence-corrected chi connectivity index (χ4v) is 4.60. The fraction of sp³-hybridized carbons (Fsp3) is 0.652. The van der Waals surface area contributed by atoms with Gasteiger partial charge >= 0.3 is 0 Å². The Balaban J connectivity index is 1.47. The molecular formula is C23H33N3O4. The van der Waals surface area contributed by atoms with Gasteiger partial charge in [0.2, 0.25) is 11.8 Å². The summed E-state index contributed by atoms with van der Waals surface area (Å²) in [5.41, 5.74) is 2.34. The van der Waals surface area contributed by atoms with Crippen molar-refractivity contribution in [1.29, 1.82) is 0 Å². The van der Waals surface area contributed by atoms with Crippen molar-refractivity contribution in [2.45, 2.75) is 83.3 Å². The van der Waals surface area contributed by atoms with E-state index in [4.69, 9.17) is 4.98 Å². The molecule has 164 valence electrons. The molecule has 0 bridgehead atoms. The van der Waals surface area contributed by atoms with E-state index in [1.54, 1.807) is 4.90 Å². The lowest BCUT2D eigenvalue weighted by Crippen LogP contribution is -2.60. The van der Waals surface area contributed by atoms with Crippen molar-refractivity contribution in [3.05, 3.63) is 29.1 Å². The van der Waals surface area contributed by atoms with Gasteiger partial charge in [-0.2, -0.15) is 0 Å². The van der Waals surface area contributed by atoms with Gasteiger partial charge in [0.15, 0.2) is 5.78 Å². The van der Waals surface area contributed by atoms with Crippen LogP contribution in [-0.4, -0.2) is 57.3 Å². The summed E-state index contributed by atoms with van der Waals surface area (Å²) in [4.78, 5) is 42.4. The summed E-state index contributed by atoms with van der Waals surface area (Å²) in [7, 11) is 0. The number of aromatic nitrogens is 1. The fourth-order valence-electron chi connectivity index (χ4n) is 4.60. The third-order valence-corrected chi connectivity index (χ3v) is 6.33. The zero-order chi connectivity index (χ0) is 21.7. The average Bonchev–Trinajstić information content (AvgIpc) is 2.72. The molecule has 30 heavy (non-hydrogen) atoms. The lowest BCUT2D eigenvalue weighted by Gasteiger charge is -2.42. The number of carbonyl (C=O) groups is 3. The van der Waals surface area contributed by atoms with Crippen LogP contribution in [0.5, 0.6) is 0 Å². The predicted octanol–water partition coefficient (Wildman–Crippen LogP) is 1.73. The van der Waals surface area contributed by atoms with E-state index in [1.165, 1.54) is 37.9 Å². The third-order valence-electron chi connectivity index (χ3n) is 6.33. The van der Waals surface area contributed by atoms with E-state index >= 15 is 0 Å². The first kappa shape index (κ1) is 22.4. The first-order chi connectivity index (χ1) is 14.3. The first-order valence-electron chi connectivity index (χ1n) is 11.0. The van der Waals surface area contributed by atoms with Gasteiger partial charge in [0.1, 0.15) is 6.04 Å². The van der Waals surface area contributed by atoms with Crippen LogP contribution in [-0.2, 0) is 33.6 Å². The molecule has 1 saturated heterocycles. The van der Waals surface area contributed by atoms with Crippen molar-refractivity contribution in [2.24, 2.45) is 0 Å². The molecular weight excluding hydrogens is 382 g/mol. The Morgan fingerprint density at radius 3 is 2.53 bits per heavy atom. The molecule has 2 amide bonds. The van der Waals surface area contributed by atoms with E-state index in [-0.39, 0.29) is 30.4 Å². The highest BCUT2D eigenvalue weighted by Gasteiger charge is 2.43. The molecule has 1 aliphatic heterocycles. The molecule has 0 radical (unpaired) electrons. The number of nitrogens with zero attached hydrogens (tertiary/aromatic N) is 2. The molecule has 2 aliphatic rings. The van der Waals surface area contributed by atoms with Gasteiger partial charge in [-0.1, -0.05) is 6.07 Å². The van der Waals surface area contributed by atoms with Crippen LogP contribution in [0.4, 0.5) is 0 Å².